The number of amides is 1. The van der Waals surface area contributed by atoms with Crippen molar-refractivity contribution in [2.45, 2.75) is 12.7 Å². The van der Waals surface area contributed by atoms with Crippen LogP contribution in [-0.2, 0) is 22.3 Å². The fourth-order valence-corrected chi connectivity index (χ4v) is 1.96. The molecule has 8 heteroatoms. The maximum Gasteiger partial charge on any atom is 0.416 e. The molecule has 0 aliphatic carbocycles. The summed E-state index contributed by atoms with van der Waals surface area (Å²) in [6.07, 6.45) is -4.42. The molecule has 2 rings (SSSR count). The Morgan fingerprint density at radius 3 is 2.19 bits per heavy atom. The number of benzene rings is 2. The van der Waals surface area contributed by atoms with Crippen LogP contribution in [0.15, 0.2) is 48.5 Å². The minimum atomic E-state index is -4.42. The molecule has 5 nitrogen and oxygen atoms in total. The van der Waals surface area contributed by atoms with E-state index in [9.17, 15) is 22.8 Å². The molecule has 0 unspecified atom stereocenters. The molecule has 0 spiro atoms. The zero-order valence-electron chi connectivity index (χ0n) is 13.3. The predicted octanol–water partition coefficient (Wildman–Crippen LogP) is 3.05. The Hall–Kier alpha value is -3.34. The van der Waals surface area contributed by atoms with E-state index in [4.69, 9.17) is 10.00 Å². The van der Waals surface area contributed by atoms with Gasteiger partial charge in [-0.25, -0.2) is 4.79 Å². The molecule has 0 aromatic heterocycles. The average molecular weight is 362 g/mol. The quantitative estimate of drug-likeness (QED) is 0.829. The first-order valence-corrected chi connectivity index (χ1v) is 7.39. The lowest BCUT2D eigenvalue weighted by atomic mass is 10.1. The number of nitrogens with one attached hydrogen (secondary N) is 1. The minimum Gasteiger partial charge on any atom is -0.452 e. The lowest BCUT2D eigenvalue weighted by Crippen LogP contribution is -2.28. The number of nitrogens with zero attached hydrogens (tertiary/aromatic N) is 1. The van der Waals surface area contributed by atoms with Crippen molar-refractivity contribution < 1.29 is 27.5 Å². The van der Waals surface area contributed by atoms with Gasteiger partial charge in [0.25, 0.3) is 5.91 Å². The molecule has 0 fully saturated rings. The van der Waals surface area contributed by atoms with Crippen molar-refractivity contribution in [1.29, 1.82) is 5.26 Å². The summed E-state index contributed by atoms with van der Waals surface area (Å²) >= 11 is 0. The molecule has 0 heterocycles. The standard InChI is InChI=1S/C18H13F3N2O3/c19-18(20,21)15-7-3-13(4-8-15)10-23-16(24)11-26-17(25)14-5-1-12(9-22)2-6-14/h1-8H,10-11H2,(H,23,24). The van der Waals surface area contributed by atoms with Crippen molar-refractivity contribution >= 4 is 11.9 Å². The Morgan fingerprint density at radius 2 is 1.65 bits per heavy atom. The van der Waals surface area contributed by atoms with Gasteiger partial charge in [-0.05, 0) is 42.0 Å². The van der Waals surface area contributed by atoms with Gasteiger partial charge in [0.2, 0.25) is 0 Å². The number of ether oxygens (including phenoxy) is 1. The normalized spacial score (nSPS) is 10.7. The van der Waals surface area contributed by atoms with Crippen molar-refractivity contribution in [1.82, 2.24) is 5.32 Å². The van der Waals surface area contributed by atoms with Crippen molar-refractivity contribution in [2.24, 2.45) is 0 Å². The maximum atomic E-state index is 12.5. The average Bonchev–Trinajstić information content (AvgIpc) is 2.64. The van der Waals surface area contributed by atoms with E-state index in [0.29, 0.717) is 11.1 Å². The molecule has 0 saturated heterocycles. The highest BCUT2D eigenvalue weighted by atomic mass is 19.4. The van der Waals surface area contributed by atoms with Gasteiger partial charge < -0.3 is 10.1 Å². The van der Waals surface area contributed by atoms with Crippen LogP contribution in [0.5, 0.6) is 0 Å². The third-order valence-electron chi connectivity index (χ3n) is 3.36. The SMILES string of the molecule is N#Cc1ccc(C(=O)OCC(=O)NCc2ccc(C(F)(F)F)cc2)cc1. The Bertz CT molecular complexity index is 823. The first-order chi connectivity index (χ1) is 12.3. The molecule has 1 N–H and O–H groups in total. The number of hydrogen-bond acceptors (Lipinski definition) is 4. The third-order valence-corrected chi connectivity index (χ3v) is 3.36. The number of hydrogen-bond donors (Lipinski definition) is 1. The van der Waals surface area contributed by atoms with Crippen molar-refractivity contribution in [3.8, 4) is 6.07 Å². The monoisotopic (exact) mass is 362 g/mol. The van der Waals surface area contributed by atoms with Crippen molar-refractivity contribution in [3.63, 3.8) is 0 Å². The van der Waals surface area contributed by atoms with Crippen LogP contribution in [0.4, 0.5) is 13.2 Å². The van der Waals surface area contributed by atoms with E-state index in [-0.39, 0.29) is 12.1 Å². The van der Waals surface area contributed by atoms with E-state index < -0.39 is 30.2 Å². The number of rotatable bonds is 5. The van der Waals surface area contributed by atoms with E-state index in [2.05, 4.69) is 5.32 Å². The number of halogens is 3. The summed E-state index contributed by atoms with van der Waals surface area (Å²) in [6.45, 7) is -0.523. The lowest BCUT2D eigenvalue weighted by molar-refractivity contribution is -0.137. The summed E-state index contributed by atoms with van der Waals surface area (Å²) < 4.78 is 42.2. The number of carbonyl (C=O) groups excluding carboxylic acids is 2. The molecule has 134 valence electrons. The highest BCUT2D eigenvalue weighted by Crippen LogP contribution is 2.29. The van der Waals surface area contributed by atoms with Crippen LogP contribution in [0.1, 0.15) is 27.0 Å². The number of esters is 1. The van der Waals surface area contributed by atoms with Gasteiger partial charge in [-0.3, -0.25) is 4.79 Å². The Balaban J connectivity index is 1.79. The molecule has 0 radical (unpaired) electrons. The summed E-state index contributed by atoms with van der Waals surface area (Å²) in [5, 5.41) is 11.1. The van der Waals surface area contributed by atoms with E-state index in [1.165, 1.54) is 36.4 Å². The zero-order chi connectivity index (χ0) is 19.2. The molecular weight excluding hydrogens is 349 g/mol. The minimum absolute atomic E-state index is 0.00534. The Morgan fingerprint density at radius 1 is 1.04 bits per heavy atom. The van der Waals surface area contributed by atoms with Gasteiger partial charge in [0.15, 0.2) is 6.61 Å². The first-order valence-electron chi connectivity index (χ1n) is 7.39. The van der Waals surface area contributed by atoms with Gasteiger partial charge in [-0.2, -0.15) is 18.4 Å². The van der Waals surface area contributed by atoms with Crippen LogP contribution < -0.4 is 5.32 Å². The molecule has 0 aliphatic heterocycles. The largest absolute Gasteiger partial charge is 0.452 e. The molecule has 26 heavy (non-hydrogen) atoms. The summed E-state index contributed by atoms with van der Waals surface area (Å²) in [4.78, 5) is 23.4. The smallest absolute Gasteiger partial charge is 0.416 e. The van der Waals surface area contributed by atoms with Gasteiger partial charge in [0.05, 0.1) is 22.8 Å². The fourth-order valence-electron chi connectivity index (χ4n) is 1.96. The lowest BCUT2D eigenvalue weighted by Gasteiger charge is -2.09. The molecule has 0 bridgehead atoms. The summed E-state index contributed by atoms with van der Waals surface area (Å²) in [6, 6.07) is 12.0. The van der Waals surface area contributed by atoms with Crippen LogP contribution >= 0.6 is 0 Å². The first kappa shape index (κ1) is 19.0. The van der Waals surface area contributed by atoms with Gasteiger partial charge in [0, 0.05) is 6.54 Å². The summed E-state index contributed by atoms with van der Waals surface area (Å²) in [7, 11) is 0. The van der Waals surface area contributed by atoms with Gasteiger partial charge in [-0.1, -0.05) is 12.1 Å². The number of carbonyl (C=O) groups is 2. The van der Waals surface area contributed by atoms with E-state index in [0.717, 1.165) is 12.1 Å². The van der Waals surface area contributed by atoms with Crippen molar-refractivity contribution in [3.05, 3.63) is 70.8 Å². The molecule has 2 aromatic carbocycles. The Labute approximate surface area is 147 Å². The molecule has 0 atom stereocenters. The van der Waals surface area contributed by atoms with Crippen LogP contribution in [-0.4, -0.2) is 18.5 Å². The molecule has 2 aromatic rings. The van der Waals surface area contributed by atoms with Crippen molar-refractivity contribution in [2.75, 3.05) is 6.61 Å². The fraction of sp³-hybridized carbons (Fsp3) is 0.167. The number of nitriles is 1. The van der Waals surface area contributed by atoms with Crippen LogP contribution in [0.25, 0.3) is 0 Å². The van der Waals surface area contributed by atoms with E-state index in [1.807, 2.05) is 6.07 Å². The second-order valence-electron chi connectivity index (χ2n) is 5.24. The van der Waals surface area contributed by atoms with Gasteiger partial charge in [0.1, 0.15) is 0 Å². The highest BCUT2D eigenvalue weighted by Gasteiger charge is 2.29. The zero-order valence-corrected chi connectivity index (χ0v) is 13.3. The topological polar surface area (TPSA) is 79.2 Å². The third kappa shape index (κ3) is 5.34. The molecule has 0 aliphatic rings. The maximum absolute atomic E-state index is 12.5. The summed E-state index contributed by atoms with van der Waals surface area (Å²) in [5.74, 6) is -1.31. The molecule has 1 amide bonds. The molecule has 0 saturated carbocycles. The Kier molecular flexibility index (Phi) is 5.96. The summed E-state index contributed by atoms with van der Waals surface area (Å²) in [5.41, 5.74) is 0.282. The second-order valence-corrected chi connectivity index (χ2v) is 5.24. The van der Waals surface area contributed by atoms with Crippen LogP contribution in [0.3, 0.4) is 0 Å². The highest BCUT2D eigenvalue weighted by molar-refractivity contribution is 5.91. The number of alkyl halides is 3. The second kappa shape index (κ2) is 8.16. The van der Waals surface area contributed by atoms with Crippen LogP contribution in [0.2, 0.25) is 0 Å². The molecular formula is C18H13F3N2O3. The van der Waals surface area contributed by atoms with Gasteiger partial charge in [-0.15, -0.1) is 0 Å². The van der Waals surface area contributed by atoms with Gasteiger partial charge >= 0.3 is 12.1 Å². The van der Waals surface area contributed by atoms with E-state index in [1.54, 1.807) is 0 Å². The predicted molar refractivity (Wildman–Crippen MR) is 84.7 cm³/mol. The van der Waals surface area contributed by atoms with Crippen LogP contribution in [0, 0.1) is 11.3 Å². The van der Waals surface area contributed by atoms with E-state index >= 15 is 0 Å².